The molecule has 1 aromatic rings. The number of anilines is 1. The fraction of sp³-hybridized carbons (Fsp3) is 0.472. The Balaban J connectivity index is 1.60. The summed E-state index contributed by atoms with van der Waals surface area (Å²) >= 11 is 2.60. The number of methoxy groups -OCH3 is 4. The van der Waals surface area contributed by atoms with Gasteiger partial charge in [-0.25, -0.2) is 19.2 Å². The zero-order valence-corrected chi connectivity index (χ0v) is 32.4. The summed E-state index contributed by atoms with van der Waals surface area (Å²) in [6.07, 6.45) is 2.88. The molecule has 4 heterocycles. The summed E-state index contributed by atoms with van der Waals surface area (Å²) in [6.45, 7) is 6.70. The molecule has 0 bridgehead atoms. The van der Waals surface area contributed by atoms with Crippen molar-refractivity contribution in [1.29, 1.82) is 0 Å². The van der Waals surface area contributed by atoms with E-state index in [0.29, 0.717) is 40.1 Å². The van der Waals surface area contributed by atoms with Gasteiger partial charge in [-0.15, -0.1) is 0 Å². The third-order valence-electron chi connectivity index (χ3n) is 10.0. The molecule has 4 aliphatic heterocycles. The molecule has 0 N–H and O–H groups in total. The monoisotopic (exact) mass is 770 g/mol. The lowest BCUT2D eigenvalue weighted by Crippen LogP contribution is -2.56. The lowest BCUT2D eigenvalue weighted by molar-refractivity contribution is -0.143. The van der Waals surface area contributed by atoms with Crippen LogP contribution >= 0.6 is 35.3 Å². The van der Waals surface area contributed by atoms with E-state index in [9.17, 15) is 33.6 Å². The third-order valence-corrected chi connectivity index (χ3v) is 14.7. The Kier molecular flexibility index (Phi) is 9.98. The maximum Gasteiger partial charge on any atom is 0.345 e. The average Bonchev–Trinajstić information content (AvgIpc) is 3.62. The van der Waals surface area contributed by atoms with Crippen LogP contribution in [0.4, 0.5) is 5.69 Å². The first-order chi connectivity index (χ1) is 24.6. The average molecular weight is 771 g/mol. The Morgan fingerprint density at radius 2 is 1.27 bits per heavy atom. The second kappa shape index (κ2) is 13.8. The summed E-state index contributed by atoms with van der Waals surface area (Å²) < 4.78 is 18.8. The van der Waals surface area contributed by atoms with Gasteiger partial charge in [0.15, 0.2) is 0 Å². The minimum atomic E-state index is -1.73. The Bertz CT molecular complexity index is 1910. The fourth-order valence-electron chi connectivity index (χ4n) is 7.84. The van der Waals surface area contributed by atoms with Crippen LogP contribution in [0.5, 0.6) is 0 Å². The molecule has 52 heavy (non-hydrogen) atoms. The number of benzene rings is 1. The maximum absolute atomic E-state index is 14.7. The lowest BCUT2D eigenvalue weighted by atomic mass is 9.81. The SMILES string of the molecule is COC(=O)C1=C(C(=O)OC)SC2(S1)C(C(=O)OC)=C(C(=O)OC)SC1=C2c2cc(C)cc(C)c2N(C(=O)CN2C(=O)[C@@H]3CCCC[C@H]3C2=O)C1(C)C. The first-order valence-corrected chi connectivity index (χ1v) is 19.0. The molecule has 1 spiro atoms. The van der Waals surface area contributed by atoms with E-state index in [0.717, 1.165) is 87.0 Å². The molecule has 3 amide bonds. The van der Waals surface area contributed by atoms with Gasteiger partial charge in [-0.1, -0.05) is 59.8 Å². The van der Waals surface area contributed by atoms with Gasteiger partial charge in [0.05, 0.1) is 57.1 Å². The Morgan fingerprint density at radius 1 is 0.769 bits per heavy atom. The van der Waals surface area contributed by atoms with Crippen LogP contribution in [0, 0.1) is 25.7 Å². The van der Waals surface area contributed by atoms with E-state index in [1.165, 1.54) is 4.90 Å². The van der Waals surface area contributed by atoms with Crippen LogP contribution in [0.2, 0.25) is 0 Å². The molecule has 0 unspecified atom stereocenters. The van der Waals surface area contributed by atoms with Crippen LogP contribution in [0.1, 0.15) is 56.2 Å². The smallest absolute Gasteiger partial charge is 0.345 e. The van der Waals surface area contributed by atoms with Gasteiger partial charge in [0.1, 0.15) is 25.3 Å². The normalized spacial score (nSPS) is 23.0. The van der Waals surface area contributed by atoms with Gasteiger partial charge >= 0.3 is 23.9 Å². The van der Waals surface area contributed by atoms with Gasteiger partial charge in [0, 0.05) is 16.0 Å². The van der Waals surface area contributed by atoms with Gasteiger partial charge < -0.3 is 18.9 Å². The molecule has 0 radical (unpaired) electrons. The van der Waals surface area contributed by atoms with Crippen molar-refractivity contribution in [3.63, 3.8) is 0 Å². The molecule has 5 aliphatic rings. The number of hydrogen-bond acceptors (Lipinski definition) is 14. The predicted molar refractivity (Wildman–Crippen MR) is 194 cm³/mol. The molecular formula is C36H38N2O11S3. The summed E-state index contributed by atoms with van der Waals surface area (Å²) in [6, 6.07) is 3.71. The molecule has 6 rings (SSSR count). The van der Waals surface area contributed by atoms with Crippen molar-refractivity contribution >= 4 is 88.1 Å². The van der Waals surface area contributed by atoms with Gasteiger partial charge in [0.2, 0.25) is 17.7 Å². The lowest BCUT2D eigenvalue weighted by Gasteiger charge is -2.51. The molecule has 13 nitrogen and oxygen atoms in total. The molecule has 2 atom stereocenters. The highest BCUT2D eigenvalue weighted by molar-refractivity contribution is 8.26. The number of aryl methyl sites for hydroxylation is 2. The molecule has 2 fully saturated rings. The van der Waals surface area contributed by atoms with E-state index in [1.807, 2.05) is 26.0 Å². The van der Waals surface area contributed by atoms with Gasteiger partial charge in [-0.05, 0) is 52.2 Å². The fourth-order valence-corrected chi connectivity index (χ4v) is 12.9. The summed E-state index contributed by atoms with van der Waals surface area (Å²) in [4.78, 5) is 98.5. The summed E-state index contributed by atoms with van der Waals surface area (Å²) in [5.41, 5.74) is 1.31. The van der Waals surface area contributed by atoms with Crippen molar-refractivity contribution in [3.05, 3.63) is 54.0 Å². The van der Waals surface area contributed by atoms with Crippen molar-refractivity contribution in [2.45, 2.75) is 63.0 Å². The standard InChI is InChI=1S/C36H38N2O11S3/c1-16-13-17(2)24-20(14-16)22-28(35(3,4)38(24)21(39)15-37-29(40)18-11-9-10-12-19(18)30(37)41)50-25(32(43)47-6)23(31(42)46-5)36(22)51-26(33(44)48-7)27(52-36)34(45)49-8/h13-14,18-19H,9-12,15H2,1-8H3/t18-,19-/m1/s1. The van der Waals surface area contributed by atoms with Crippen LogP contribution < -0.4 is 4.90 Å². The minimum Gasteiger partial charge on any atom is -0.466 e. The van der Waals surface area contributed by atoms with Gasteiger partial charge in [-0.3, -0.25) is 24.2 Å². The number of amides is 3. The summed E-state index contributed by atoms with van der Waals surface area (Å²) in [7, 11) is 4.61. The first-order valence-electron chi connectivity index (χ1n) is 16.5. The molecular weight excluding hydrogens is 733 g/mol. The van der Waals surface area contributed by atoms with E-state index >= 15 is 0 Å². The van der Waals surface area contributed by atoms with Crippen LogP contribution in [0.15, 0.2) is 37.3 Å². The van der Waals surface area contributed by atoms with E-state index < -0.39 is 57.8 Å². The van der Waals surface area contributed by atoms with Gasteiger partial charge in [0.25, 0.3) is 0 Å². The number of likely N-dealkylation sites (tertiary alicyclic amines) is 1. The molecule has 1 aromatic carbocycles. The van der Waals surface area contributed by atoms with E-state index in [4.69, 9.17) is 18.9 Å². The van der Waals surface area contributed by atoms with Crippen LogP contribution in [-0.2, 0) is 52.5 Å². The Labute approximate surface area is 313 Å². The quantitative estimate of drug-likeness (QED) is 0.227. The minimum absolute atomic E-state index is 0.154. The van der Waals surface area contributed by atoms with Crippen molar-refractivity contribution in [2.24, 2.45) is 11.8 Å². The second-order valence-electron chi connectivity index (χ2n) is 13.5. The summed E-state index contributed by atoms with van der Waals surface area (Å²) in [5, 5.41) is 0. The molecule has 0 aromatic heterocycles. The molecule has 1 aliphatic carbocycles. The Hall–Kier alpha value is -4.02. The number of fused-ring (bicyclic) bond motifs is 4. The number of rotatable bonds is 6. The predicted octanol–water partition coefficient (Wildman–Crippen LogP) is 4.40. The van der Waals surface area contributed by atoms with Crippen molar-refractivity contribution in [3.8, 4) is 0 Å². The van der Waals surface area contributed by atoms with Crippen molar-refractivity contribution in [1.82, 2.24) is 4.90 Å². The topological polar surface area (TPSA) is 163 Å². The van der Waals surface area contributed by atoms with Crippen LogP contribution in [0.3, 0.4) is 0 Å². The molecule has 1 saturated carbocycles. The molecule has 16 heteroatoms. The largest absolute Gasteiger partial charge is 0.466 e. The highest BCUT2D eigenvalue weighted by Gasteiger charge is 2.62. The van der Waals surface area contributed by atoms with Crippen molar-refractivity contribution < 1.29 is 52.5 Å². The maximum atomic E-state index is 14.7. The summed E-state index contributed by atoms with van der Waals surface area (Å²) in [5.74, 6) is -5.65. The number of thioether (sulfide) groups is 3. The van der Waals surface area contributed by atoms with Crippen LogP contribution in [-0.4, -0.2) is 91.1 Å². The molecule has 1 saturated heterocycles. The van der Waals surface area contributed by atoms with E-state index in [1.54, 1.807) is 13.8 Å². The van der Waals surface area contributed by atoms with Crippen LogP contribution in [0.25, 0.3) is 5.57 Å². The van der Waals surface area contributed by atoms with E-state index in [2.05, 4.69) is 0 Å². The van der Waals surface area contributed by atoms with E-state index in [-0.39, 0.29) is 32.1 Å². The highest BCUT2D eigenvalue weighted by Crippen LogP contribution is 2.71. The zero-order chi connectivity index (χ0) is 38.0. The molecule has 276 valence electrons. The third kappa shape index (κ3) is 5.59. The number of carbonyl (C=O) groups excluding carboxylic acids is 7. The first kappa shape index (κ1) is 37.7. The number of nitrogens with zero attached hydrogens (tertiary/aromatic N) is 2. The number of esters is 4. The number of imide groups is 1. The van der Waals surface area contributed by atoms with Gasteiger partial charge in [-0.2, -0.15) is 0 Å². The highest BCUT2D eigenvalue weighted by atomic mass is 32.2. The number of carbonyl (C=O) groups is 7. The zero-order valence-electron chi connectivity index (χ0n) is 30.0. The number of ether oxygens (including phenoxy) is 4. The van der Waals surface area contributed by atoms with Crippen molar-refractivity contribution in [2.75, 3.05) is 39.9 Å². The Morgan fingerprint density at radius 3 is 1.77 bits per heavy atom. The second-order valence-corrected chi connectivity index (χ2v) is 17.2. The number of hydrogen-bond donors (Lipinski definition) is 0.